The van der Waals surface area contributed by atoms with E-state index < -0.39 is 22.1 Å². The molecule has 0 saturated carbocycles. The molecule has 0 aliphatic carbocycles. The highest BCUT2D eigenvalue weighted by molar-refractivity contribution is 7.92. The van der Waals surface area contributed by atoms with E-state index in [1.54, 1.807) is 18.2 Å². The molecule has 1 aliphatic rings. The summed E-state index contributed by atoms with van der Waals surface area (Å²) in [6, 6.07) is 14.7. The summed E-state index contributed by atoms with van der Waals surface area (Å²) in [5, 5.41) is 8.75. The Balaban J connectivity index is 1.98. The molecule has 26 heavy (non-hydrogen) atoms. The zero-order valence-corrected chi connectivity index (χ0v) is 15.2. The molecular weight excluding hydrogens is 352 g/mol. The Bertz CT molecular complexity index is 995. The number of hydrogen-bond acceptors (Lipinski definition) is 5. The minimum absolute atomic E-state index is 0.0140. The van der Waals surface area contributed by atoms with Crippen molar-refractivity contribution in [3.63, 3.8) is 0 Å². The highest BCUT2D eigenvalue weighted by Gasteiger charge is 2.36. The van der Waals surface area contributed by atoms with Crippen molar-refractivity contribution in [3.8, 4) is 6.07 Å². The van der Waals surface area contributed by atoms with Gasteiger partial charge in [0.25, 0.3) is 10.0 Å². The molecule has 0 saturated heterocycles. The number of hydrogen-bond donors (Lipinski definition) is 0. The van der Waals surface area contributed by atoms with Crippen LogP contribution in [0.1, 0.15) is 29.8 Å². The van der Waals surface area contributed by atoms with Crippen LogP contribution in [0.15, 0.2) is 53.4 Å². The van der Waals surface area contributed by atoms with E-state index in [1.807, 2.05) is 19.1 Å². The molecule has 0 bridgehead atoms. The van der Waals surface area contributed by atoms with Gasteiger partial charge in [-0.15, -0.1) is 0 Å². The van der Waals surface area contributed by atoms with Crippen LogP contribution in [-0.2, 0) is 21.2 Å². The van der Waals surface area contributed by atoms with Crippen LogP contribution in [0.5, 0.6) is 0 Å². The number of carbonyl (C=O) groups excluding carboxylic acids is 1. The average molecular weight is 370 g/mol. The maximum absolute atomic E-state index is 13.2. The first-order chi connectivity index (χ1) is 12.3. The van der Waals surface area contributed by atoms with Gasteiger partial charge >= 0.3 is 5.97 Å². The molecule has 134 valence electrons. The highest BCUT2D eigenvalue weighted by atomic mass is 32.2. The maximum atomic E-state index is 13.2. The highest BCUT2D eigenvalue weighted by Crippen LogP contribution is 2.36. The molecule has 0 unspecified atom stereocenters. The van der Waals surface area contributed by atoms with Gasteiger partial charge in [0.1, 0.15) is 6.07 Å². The molecule has 0 N–H and O–H groups in total. The van der Waals surface area contributed by atoms with Crippen molar-refractivity contribution >= 4 is 21.7 Å². The number of fused-ring (bicyclic) bond motifs is 1. The Morgan fingerprint density at radius 3 is 2.73 bits per heavy atom. The predicted octanol–water partition coefficient (Wildman–Crippen LogP) is 2.90. The molecule has 1 aliphatic heterocycles. The van der Waals surface area contributed by atoms with Crippen molar-refractivity contribution in [1.29, 1.82) is 5.26 Å². The molecule has 6 nitrogen and oxygen atoms in total. The summed E-state index contributed by atoms with van der Waals surface area (Å²) in [6.07, 6.45) is -0.273. The maximum Gasteiger partial charge on any atom is 0.339 e. The molecule has 2 aromatic carbocycles. The summed E-state index contributed by atoms with van der Waals surface area (Å²) >= 11 is 0. The lowest BCUT2D eigenvalue weighted by molar-refractivity contribution is 0.0435. The van der Waals surface area contributed by atoms with Crippen molar-refractivity contribution in [1.82, 2.24) is 0 Å². The van der Waals surface area contributed by atoms with E-state index >= 15 is 0 Å². The predicted molar refractivity (Wildman–Crippen MR) is 96.2 cm³/mol. The molecule has 0 aromatic heterocycles. The van der Waals surface area contributed by atoms with Crippen molar-refractivity contribution in [2.75, 3.05) is 4.31 Å². The molecule has 7 heteroatoms. The smallest absolute Gasteiger partial charge is 0.339 e. The summed E-state index contributed by atoms with van der Waals surface area (Å²) in [5.41, 5.74) is 1.72. The zero-order valence-electron chi connectivity index (χ0n) is 14.4. The number of nitrogens with zero attached hydrogens (tertiary/aromatic N) is 2. The van der Waals surface area contributed by atoms with Gasteiger partial charge < -0.3 is 4.74 Å². The normalized spacial score (nSPS) is 17.3. The molecular formula is C19H18N2O4S. The van der Waals surface area contributed by atoms with Gasteiger partial charge in [-0.1, -0.05) is 24.3 Å². The van der Waals surface area contributed by atoms with Gasteiger partial charge in [-0.05, 0) is 50.1 Å². The summed E-state index contributed by atoms with van der Waals surface area (Å²) in [5.74, 6) is -0.731. The third kappa shape index (κ3) is 3.16. The number of ether oxygens (including phenoxy) is 1. The second-order valence-corrected chi connectivity index (χ2v) is 8.00. The molecule has 0 fully saturated rings. The van der Waals surface area contributed by atoms with Gasteiger partial charge in [-0.3, -0.25) is 4.31 Å². The zero-order chi connectivity index (χ0) is 18.9. The summed E-state index contributed by atoms with van der Waals surface area (Å²) in [6.45, 7) is 3.30. The third-order valence-corrected chi connectivity index (χ3v) is 6.16. The Kier molecular flexibility index (Phi) is 4.70. The fourth-order valence-electron chi connectivity index (χ4n) is 3.06. The first-order valence-electron chi connectivity index (χ1n) is 8.17. The lowest BCUT2D eigenvalue weighted by Crippen LogP contribution is -2.35. The van der Waals surface area contributed by atoms with Gasteiger partial charge in [-0.25, -0.2) is 13.2 Å². The molecule has 0 spiro atoms. The monoisotopic (exact) mass is 370 g/mol. The first kappa shape index (κ1) is 18.0. The van der Waals surface area contributed by atoms with Crippen molar-refractivity contribution in [2.45, 2.75) is 37.3 Å². The molecule has 2 atom stereocenters. The van der Waals surface area contributed by atoms with E-state index in [9.17, 15) is 13.2 Å². The fraction of sp³-hybridized carbons (Fsp3) is 0.263. The van der Waals surface area contributed by atoms with Gasteiger partial charge in [-0.2, -0.15) is 5.26 Å². The second-order valence-electron chi connectivity index (χ2n) is 6.19. The van der Waals surface area contributed by atoms with E-state index in [4.69, 9.17) is 10.00 Å². The van der Waals surface area contributed by atoms with Gasteiger partial charge in [0.2, 0.25) is 0 Å². The summed E-state index contributed by atoms with van der Waals surface area (Å²) in [7, 11) is -3.83. The number of esters is 1. The number of benzene rings is 2. The molecule has 2 aromatic rings. The van der Waals surface area contributed by atoms with Crippen LogP contribution in [0.3, 0.4) is 0 Å². The Labute approximate surface area is 152 Å². The second kappa shape index (κ2) is 6.81. The molecule has 0 amide bonds. The van der Waals surface area contributed by atoms with Gasteiger partial charge in [0, 0.05) is 6.04 Å². The van der Waals surface area contributed by atoms with Crippen molar-refractivity contribution < 1.29 is 17.9 Å². The van der Waals surface area contributed by atoms with E-state index in [1.165, 1.54) is 35.5 Å². The minimum Gasteiger partial charge on any atom is -0.444 e. The number of anilines is 1. The van der Waals surface area contributed by atoms with Crippen LogP contribution in [0.2, 0.25) is 0 Å². The van der Waals surface area contributed by atoms with Crippen LogP contribution < -0.4 is 4.31 Å². The van der Waals surface area contributed by atoms with Crippen LogP contribution in [0.4, 0.5) is 5.69 Å². The molecule has 1 heterocycles. The van der Waals surface area contributed by atoms with Crippen LogP contribution in [0, 0.1) is 11.3 Å². The summed E-state index contributed by atoms with van der Waals surface area (Å²) in [4.78, 5) is 12.1. The molecule has 3 rings (SSSR count). The number of rotatable bonds is 4. The van der Waals surface area contributed by atoms with E-state index in [-0.39, 0.29) is 16.5 Å². The van der Waals surface area contributed by atoms with Crippen molar-refractivity contribution in [2.24, 2.45) is 0 Å². The fourth-order valence-corrected chi connectivity index (χ4v) is 4.79. The Morgan fingerprint density at radius 2 is 2.00 bits per heavy atom. The Morgan fingerprint density at radius 1 is 1.27 bits per heavy atom. The van der Waals surface area contributed by atoms with Gasteiger partial charge in [0.05, 0.1) is 16.1 Å². The van der Waals surface area contributed by atoms with E-state index in [0.29, 0.717) is 12.1 Å². The summed E-state index contributed by atoms with van der Waals surface area (Å²) < 4.78 is 32.7. The Hall–Kier alpha value is -2.85. The van der Waals surface area contributed by atoms with E-state index in [0.717, 1.165) is 5.56 Å². The number of para-hydroxylation sites is 1. The number of carbonyl (C=O) groups is 1. The average Bonchev–Trinajstić information content (AvgIpc) is 2.98. The first-order valence-corrected chi connectivity index (χ1v) is 9.61. The minimum atomic E-state index is -3.83. The van der Waals surface area contributed by atoms with Crippen LogP contribution in [0.25, 0.3) is 0 Å². The SMILES string of the molecule is C[C@@H]1Cc2ccccc2N1S(=O)(=O)c1cccc(C(=O)O[C@@H](C)C#N)c1. The van der Waals surface area contributed by atoms with E-state index in [2.05, 4.69) is 0 Å². The largest absolute Gasteiger partial charge is 0.444 e. The lowest BCUT2D eigenvalue weighted by Gasteiger charge is -2.24. The number of nitriles is 1. The quantitative estimate of drug-likeness (QED) is 0.772. The topological polar surface area (TPSA) is 87.5 Å². The lowest BCUT2D eigenvalue weighted by atomic mass is 10.1. The van der Waals surface area contributed by atoms with Crippen LogP contribution in [-0.4, -0.2) is 26.5 Å². The van der Waals surface area contributed by atoms with Gasteiger partial charge in [0.15, 0.2) is 6.10 Å². The number of sulfonamides is 1. The van der Waals surface area contributed by atoms with Crippen molar-refractivity contribution in [3.05, 3.63) is 59.7 Å². The van der Waals surface area contributed by atoms with Crippen LogP contribution >= 0.6 is 0 Å². The third-order valence-electron chi connectivity index (χ3n) is 4.24. The molecule has 0 radical (unpaired) electrons. The standard InChI is InChI=1S/C19H18N2O4S/c1-13-10-15-6-3-4-9-18(15)21(13)26(23,24)17-8-5-7-16(11-17)19(22)25-14(2)12-20/h3-9,11,13-14H,10H2,1-2H3/t13-,14+/m1/s1.